The highest BCUT2D eigenvalue weighted by atomic mass is 16.4. The molecule has 6 nitrogen and oxygen atoms in total. The lowest BCUT2D eigenvalue weighted by Gasteiger charge is -2.24. The van der Waals surface area contributed by atoms with Crippen LogP contribution in [0.2, 0.25) is 0 Å². The average Bonchev–Trinajstić information content (AvgIpc) is 3.06. The quantitative estimate of drug-likeness (QED) is 0.802. The van der Waals surface area contributed by atoms with Gasteiger partial charge in [-0.3, -0.25) is 14.4 Å². The van der Waals surface area contributed by atoms with E-state index in [2.05, 4.69) is 5.32 Å². The molecule has 0 bridgehead atoms. The molecule has 0 aromatic heterocycles. The monoisotopic (exact) mass is 342 g/mol. The summed E-state index contributed by atoms with van der Waals surface area (Å²) in [6, 6.07) is 7.54. The Morgan fingerprint density at radius 1 is 1.12 bits per heavy atom. The summed E-state index contributed by atoms with van der Waals surface area (Å²) in [5, 5.41) is 12.1. The number of carboxylic acids is 1. The zero-order chi connectivity index (χ0) is 17.8. The number of allylic oxidation sites excluding steroid dienone is 2. The average molecular weight is 342 g/mol. The molecule has 1 heterocycles. The van der Waals surface area contributed by atoms with Crippen LogP contribution in [0.1, 0.15) is 31.2 Å². The van der Waals surface area contributed by atoms with Crippen molar-refractivity contribution in [3.05, 3.63) is 42.0 Å². The van der Waals surface area contributed by atoms with Crippen LogP contribution in [0.4, 0.5) is 5.69 Å². The van der Waals surface area contributed by atoms with Crippen LogP contribution in [0.15, 0.2) is 36.4 Å². The maximum atomic E-state index is 12.3. The van der Waals surface area contributed by atoms with Gasteiger partial charge in [-0.25, -0.2) is 0 Å². The van der Waals surface area contributed by atoms with Gasteiger partial charge in [0.05, 0.1) is 11.8 Å². The Kier molecular flexibility index (Phi) is 5.16. The van der Waals surface area contributed by atoms with Gasteiger partial charge in [0.1, 0.15) is 0 Å². The number of hydrogen-bond donors (Lipinski definition) is 2. The molecule has 1 aromatic rings. The molecule has 132 valence electrons. The molecular formula is C19H22N2O4. The van der Waals surface area contributed by atoms with Crippen molar-refractivity contribution in [1.82, 2.24) is 5.32 Å². The van der Waals surface area contributed by atoms with Crippen LogP contribution in [0, 0.1) is 11.8 Å². The van der Waals surface area contributed by atoms with Gasteiger partial charge in [0.15, 0.2) is 0 Å². The van der Waals surface area contributed by atoms with Crippen LogP contribution >= 0.6 is 0 Å². The third-order valence-electron chi connectivity index (χ3n) is 4.87. The number of carbonyl (C=O) groups excluding carboxylic acids is 2. The standard InChI is InChI=1S/C19H22N2O4/c22-17-6-3-11-21(17)14-9-7-13(8-10-14)12-20-18(23)15-4-1-2-5-16(15)19(24)25/h1-2,7-10,15-16H,3-6,11-12H2,(H,20,23)(H,24,25)/t15-,16-/m1/s1. The maximum Gasteiger partial charge on any atom is 0.307 e. The Hall–Kier alpha value is -2.63. The predicted octanol–water partition coefficient (Wildman–Crippen LogP) is 2.10. The molecule has 1 aliphatic heterocycles. The van der Waals surface area contributed by atoms with Gasteiger partial charge in [0.2, 0.25) is 11.8 Å². The first-order chi connectivity index (χ1) is 12.1. The number of anilines is 1. The highest BCUT2D eigenvalue weighted by Crippen LogP contribution is 2.26. The van der Waals surface area contributed by atoms with Gasteiger partial charge in [0.25, 0.3) is 0 Å². The number of amides is 2. The van der Waals surface area contributed by atoms with Crippen LogP contribution in [-0.4, -0.2) is 29.4 Å². The Bertz CT molecular complexity index is 696. The van der Waals surface area contributed by atoms with E-state index in [1.165, 1.54) is 0 Å². The largest absolute Gasteiger partial charge is 0.481 e. The summed E-state index contributed by atoms with van der Waals surface area (Å²) in [4.78, 5) is 37.2. The minimum absolute atomic E-state index is 0.145. The SMILES string of the molecule is O=C(O)[C@@H]1CC=CC[C@H]1C(=O)NCc1ccc(N2CCCC2=O)cc1. The third kappa shape index (κ3) is 3.90. The smallest absolute Gasteiger partial charge is 0.307 e. The molecule has 1 fully saturated rings. The summed E-state index contributed by atoms with van der Waals surface area (Å²) in [6.45, 7) is 1.10. The minimum Gasteiger partial charge on any atom is -0.481 e. The van der Waals surface area contributed by atoms with Crippen molar-refractivity contribution in [2.24, 2.45) is 11.8 Å². The number of nitrogens with one attached hydrogen (secondary N) is 1. The first-order valence-electron chi connectivity index (χ1n) is 8.61. The fourth-order valence-corrected chi connectivity index (χ4v) is 3.41. The van der Waals surface area contributed by atoms with Crippen molar-refractivity contribution in [2.45, 2.75) is 32.2 Å². The van der Waals surface area contributed by atoms with Crippen molar-refractivity contribution in [3.8, 4) is 0 Å². The molecule has 2 atom stereocenters. The molecule has 0 saturated carbocycles. The Balaban J connectivity index is 1.57. The lowest BCUT2D eigenvalue weighted by molar-refractivity contribution is -0.147. The highest BCUT2D eigenvalue weighted by Gasteiger charge is 2.33. The summed E-state index contributed by atoms with van der Waals surface area (Å²) in [6.07, 6.45) is 6.02. The first-order valence-corrected chi connectivity index (χ1v) is 8.61. The van der Waals surface area contributed by atoms with E-state index in [0.29, 0.717) is 25.8 Å². The number of rotatable bonds is 5. The van der Waals surface area contributed by atoms with E-state index >= 15 is 0 Å². The Morgan fingerprint density at radius 2 is 1.80 bits per heavy atom. The van der Waals surface area contributed by atoms with Crippen LogP contribution in [0.5, 0.6) is 0 Å². The van der Waals surface area contributed by atoms with Crippen molar-refractivity contribution in [3.63, 3.8) is 0 Å². The molecule has 1 saturated heterocycles. The van der Waals surface area contributed by atoms with Crippen LogP contribution in [0.3, 0.4) is 0 Å². The molecule has 0 radical (unpaired) electrons. The number of hydrogen-bond acceptors (Lipinski definition) is 3. The van der Waals surface area contributed by atoms with E-state index in [4.69, 9.17) is 0 Å². The van der Waals surface area contributed by atoms with Gasteiger partial charge >= 0.3 is 5.97 Å². The number of carbonyl (C=O) groups is 3. The van der Waals surface area contributed by atoms with Gasteiger partial charge in [-0.1, -0.05) is 24.3 Å². The fraction of sp³-hybridized carbons (Fsp3) is 0.421. The minimum atomic E-state index is -0.927. The van der Waals surface area contributed by atoms with Crippen molar-refractivity contribution < 1.29 is 19.5 Å². The third-order valence-corrected chi connectivity index (χ3v) is 4.87. The molecular weight excluding hydrogens is 320 g/mol. The first kappa shape index (κ1) is 17.2. The second-order valence-electron chi connectivity index (χ2n) is 6.53. The van der Waals surface area contributed by atoms with E-state index in [-0.39, 0.29) is 11.8 Å². The summed E-state index contributed by atoms with van der Waals surface area (Å²) >= 11 is 0. The summed E-state index contributed by atoms with van der Waals surface area (Å²) in [5.41, 5.74) is 1.79. The van der Waals surface area contributed by atoms with E-state index in [0.717, 1.165) is 24.2 Å². The zero-order valence-electron chi connectivity index (χ0n) is 14.0. The van der Waals surface area contributed by atoms with E-state index in [1.807, 2.05) is 36.4 Å². The van der Waals surface area contributed by atoms with Crippen LogP contribution in [-0.2, 0) is 20.9 Å². The summed E-state index contributed by atoms with van der Waals surface area (Å²) < 4.78 is 0. The normalized spacial score (nSPS) is 22.9. The molecule has 25 heavy (non-hydrogen) atoms. The summed E-state index contributed by atoms with van der Waals surface area (Å²) in [5.74, 6) is -2.19. The van der Waals surface area contributed by atoms with Crippen molar-refractivity contribution in [2.75, 3.05) is 11.4 Å². The maximum absolute atomic E-state index is 12.3. The van der Waals surface area contributed by atoms with E-state index in [1.54, 1.807) is 4.90 Å². The molecule has 1 aromatic carbocycles. The molecule has 3 rings (SSSR count). The van der Waals surface area contributed by atoms with Crippen LogP contribution in [0.25, 0.3) is 0 Å². The molecule has 0 unspecified atom stereocenters. The second-order valence-corrected chi connectivity index (χ2v) is 6.53. The second kappa shape index (κ2) is 7.51. The molecule has 2 amide bonds. The number of aliphatic carboxylic acids is 1. The lowest BCUT2D eigenvalue weighted by Crippen LogP contribution is -2.38. The van der Waals surface area contributed by atoms with Gasteiger partial charge in [-0.15, -0.1) is 0 Å². The number of carboxylic acid groups (broad SMARTS) is 1. The lowest BCUT2D eigenvalue weighted by atomic mass is 9.82. The number of nitrogens with zero attached hydrogens (tertiary/aromatic N) is 1. The van der Waals surface area contributed by atoms with E-state index in [9.17, 15) is 19.5 Å². The molecule has 6 heteroatoms. The number of benzene rings is 1. The highest BCUT2D eigenvalue weighted by molar-refractivity contribution is 5.95. The molecule has 0 spiro atoms. The Morgan fingerprint density at radius 3 is 2.40 bits per heavy atom. The van der Waals surface area contributed by atoms with E-state index < -0.39 is 17.8 Å². The molecule has 1 aliphatic carbocycles. The predicted molar refractivity (Wildman–Crippen MR) is 92.9 cm³/mol. The van der Waals surface area contributed by atoms with Gasteiger partial charge in [0, 0.05) is 25.2 Å². The Labute approximate surface area is 146 Å². The summed E-state index contributed by atoms with van der Waals surface area (Å²) in [7, 11) is 0. The zero-order valence-corrected chi connectivity index (χ0v) is 14.0. The fourth-order valence-electron chi connectivity index (χ4n) is 3.41. The van der Waals surface area contributed by atoms with Gasteiger partial charge in [-0.2, -0.15) is 0 Å². The van der Waals surface area contributed by atoms with Crippen molar-refractivity contribution >= 4 is 23.5 Å². The topological polar surface area (TPSA) is 86.7 Å². The molecule has 2 N–H and O–H groups in total. The van der Waals surface area contributed by atoms with Crippen molar-refractivity contribution in [1.29, 1.82) is 0 Å². The van der Waals surface area contributed by atoms with Gasteiger partial charge in [-0.05, 0) is 37.0 Å². The molecule has 2 aliphatic rings. The van der Waals surface area contributed by atoms with Crippen LogP contribution < -0.4 is 10.2 Å². The van der Waals surface area contributed by atoms with Gasteiger partial charge < -0.3 is 15.3 Å².